The molecular weight excluding hydrogens is 514 g/mol. The fourth-order valence-electron chi connectivity index (χ4n) is 4.35. The second-order valence-electron chi connectivity index (χ2n) is 10.1. The van der Waals surface area contributed by atoms with Gasteiger partial charge in [-0.15, -0.1) is 11.3 Å². The number of anilines is 1. The van der Waals surface area contributed by atoms with Gasteiger partial charge in [0.15, 0.2) is 0 Å². The number of hydrogen-bond acceptors (Lipinski definition) is 4. The maximum Gasteiger partial charge on any atom is 0.268 e. The second kappa shape index (κ2) is 10.1. The SMILES string of the molecule is CC(C)(C)c1ccc(S(=O)(=O)Nc2ccc3[nH]c(C(=O)NCc4cccs4)c(-c4ccccc4)c3c2)cc1. The van der Waals surface area contributed by atoms with Crippen molar-refractivity contribution in [3.05, 3.63) is 106 Å². The van der Waals surface area contributed by atoms with Crippen molar-refractivity contribution in [2.24, 2.45) is 0 Å². The average Bonchev–Trinajstić information content (AvgIpc) is 3.55. The number of sulfonamides is 1. The molecule has 0 aliphatic rings. The van der Waals surface area contributed by atoms with Crippen molar-refractivity contribution in [3.63, 3.8) is 0 Å². The molecule has 8 heteroatoms. The molecule has 0 spiro atoms. The summed E-state index contributed by atoms with van der Waals surface area (Å²) in [5, 5.41) is 5.71. The average molecular weight is 544 g/mol. The molecule has 2 heterocycles. The van der Waals surface area contributed by atoms with Crippen molar-refractivity contribution in [2.75, 3.05) is 4.72 Å². The van der Waals surface area contributed by atoms with Gasteiger partial charge in [-0.05, 0) is 58.3 Å². The van der Waals surface area contributed by atoms with E-state index in [1.54, 1.807) is 41.7 Å². The summed E-state index contributed by atoms with van der Waals surface area (Å²) >= 11 is 1.58. The van der Waals surface area contributed by atoms with Crippen LogP contribution in [0.4, 0.5) is 5.69 Å². The lowest BCUT2D eigenvalue weighted by atomic mass is 9.87. The number of carbonyl (C=O) groups is 1. The topological polar surface area (TPSA) is 91.1 Å². The molecule has 0 radical (unpaired) electrons. The maximum atomic E-state index is 13.3. The van der Waals surface area contributed by atoms with Crippen LogP contribution in [0.2, 0.25) is 0 Å². The molecular formula is C30H29N3O3S2. The molecule has 38 heavy (non-hydrogen) atoms. The predicted molar refractivity (Wildman–Crippen MR) is 155 cm³/mol. The highest BCUT2D eigenvalue weighted by Gasteiger charge is 2.21. The van der Waals surface area contributed by atoms with E-state index in [1.807, 2.05) is 60.0 Å². The zero-order valence-corrected chi connectivity index (χ0v) is 23.0. The van der Waals surface area contributed by atoms with E-state index >= 15 is 0 Å². The lowest BCUT2D eigenvalue weighted by Crippen LogP contribution is -2.23. The first-order valence-corrected chi connectivity index (χ1v) is 14.6. The van der Waals surface area contributed by atoms with Crippen LogP contribution in [0.5, 0.6) is 0 Å². The number of rotatable bonds is 7. The number of benzene rings is 3. The van der Waals surface area contributed by atoms with Gasteiger partial charge in [0.05, 0.1) is 11.4 Å². The molecule has 0 atom stereocenters. The predicted octanol–water partition coefficient (Wildman–Crippen LogP) is 6.92. The lowest BCUT2D eigenvalue weighted by molar-refractivity contribution is 0.0948. The number of nitrogens with one attached hydrogen (secondary N) is 3. The third-order valence-corrected chi connectivity index (χ3v) is 8.65. The summed E-state index contributed by atoms with van der Waals surface area (Å²) in [6.45, 7) is 6.69. The number of H-pyrrole nitrogens is 1. The Bertz CT molecular complexity index is 1680. The van der Waals surface area contributed by atoms with Gasteiger partial charge in [0.2, 0.25) is 0 Å². The van der Waals surface area contributed by atoms with Gasteiger partial charge < -0.3 is 10.3 Å². The Morgan fingerprint density at radius 2 is 1.66 bits per heavy atom. The molecule has 0 aliphatic carbocycles. The summed E-state index contributed by atoms with van der Waals surface area (Å²) in [5.74, 6) is -0.227. The monoisotopic (exact) mass is 543 g/mol. The first-order valence-electron chi connectivity index (χ1n) is 12.3. The first kappa shape index (κ1) is 25.8. The molecule has 194 valence electrons. The molecule has 0 saturated heterocycles. The van der Waals surface area contributed by atoms with E-state index in [0.29, 0.717) is 17.9 Å². The molecule has 0 saturated carbocycles. The molecule has 5 rings (SSSR count). The molecule has 0 fully saturated rings. The van der Waals surface area contributed by atoms with Crippen molar-refractivity contribution < 1.29 is 13.2 Å². The fraction of sp³-hybridized carbons (Fsp3) is 0.167. The Balaban J connectivity index is 1.50. The van der Waals surface area contributed by atoms with Crippen molar-refractivity contribution >= 4 is 43.9 Å². The summed E-state index contributed by atoms with van der Waals surface area (Å²) < 4.78 is 29.1. The Labute approximate surface area is 226 Å². The van der Waals surface area contributed by atoms with Crippen molar-refractivity contribution in [2.45, 2.75) is 37.6 Å². The standard InChI is InChI=1S/C30H29N3O3S2/c1-30(2,3)21-11-14-24(15-12-21)38(35,36)33-22-13-16-26-25(18-22)27(20-8-5-4-6-9-20)28(32-26)29(34)31-19-23-10-7-17-37-23/h4-18,32-33H,19H2,1-3H3,(H,31,34). The summed E-state index contributed by atoms with van der Waals surface area (Å²) in [6.07, 6.45) is 0. The molecule has 0 unspecified atom stereocenters. The number of thiophene rings is 1. The van der Waals surface area contributed by atoms with Crippen molar-refractivity contribution in [1.82, 2.24) is 10.3 Å². The molecule has 2 aromatic heterocycles. The quantitative estimate of drug-likeness (QED) is 0.208. The maximum absolute atomic E-state index is 13.3. The summed E-state index contributed by atoms with van der Waals surface area (Å²) in [4.78, 5) is 17.7. The highest BCUT2D eigenvalue weighted by Crippen LogP contribution is 2.35. The van der Waals surface area contributed by atoms with Crippen LogP contribution in [-0.2, 0) is 22.0 Å². The number of aromatic amines is 1. The van der Waals surface area contributed by atoms with Gasteiger partial charge in [-0.2, -0.15) is 0 Å². The van der Waals surface area contributed by atoms with Gasteiger partial charge in [0, 0.05) is 27.0 Å². The second-order valence-corrected chi connectivity index (χ2v) is 12.9. The third-order valence-electron chi connectivity index (χ3n) is 6.37. The van der Waals surface area contributed by atoms with Crippen LogP contribution in [0, 0.1) is 0 Å². The smallest absolute Gasteiger partial charge is 0.268 e. The molecule has 5 aromatic rings. The summed E-state index contributed by atoms with van der Waals surface area (Å²) in [7, 11) is -3.80. The molecule has 0 aliphatic heterocycles. The highest BCUT2D eigenvalue weighted by atomic mass is 32.2. The van der Waals surface area contributed by atoms with E-state index < -0.39 is 10.0 Å². The minimum Gasteiger partial charge on any atom is -0.350 e. The van der Waals surface area contributed by atoms with Gasteiger partial charge in [0.1, 0.15) is 5.69 Å². The van der Waals surface area contributed by atoms with Gasteiger partial charge >= 0.3 is 0 Å². The van der Waals surface area contributed by atoms with Crippen LogP contribution >= 0.6 is 11.3 Å². The van der Waals surface area contributed by atoms with Crippen molar-refractivity contribution in [3.8, 4) is 11.1 Å². The minimum atomic E-state index is -3.80. The molecule has 3 N–H and O–H groups in total. The van der Waals surface area contributed by atoms with E-state index in [2.05, 4.69) is 35.8 Å². The molecule has 3 aromatic carbocycles. The van der Waals surface area contributed by atoms with Crippen LogP contribution in [0.15, 0.2) is 95.2 Å². The largest absolute Gasteiger partial charge is 0.350 e. The molecule has 1 amide bonds. The van der Waals surface area contributed by atoms with Gasteiger partial charge in [0.25, 0.3) is 15.9 Å². The van der Waals surface area contributed by atoms with E-state index in [9.17, 15) is 13.2 Å². The lowest BCUT2D eigenvalue weighted by Gasteiger charge is -2.19. The first-order chi connectivity index (χ1) is 18.1. The zero-order chi connectivity index (χ0) is 26.9. The van der Waals surface area contributed by atoms with Crippen LogP contribution in [-0.4, -0.2) is 19.3 Å². The van der Waals surface area contributed by atoms with Crippen LogP contribution < -0.4 is 10.0 Å². The van der Waals surface area contributed by atoms with Gasteiger partial charge in [-0.1, -0.05) is 69.3 Å². The number of amides is 1. The molecule has 0 bridgehead atoms. The number of fused-ring (bicyclic) bond motifs is 1. The highest BCUT2D eigenvalue weighted by molar-refractivity contribution is 7.92. The van der Waals surface area contributed by atoms with E-state index in [4.69, 9.17) is 0 Å². The third kappa shape index (κ3) is 5.37. The van der Waals surface area contributed by atoms with Crippen molar-refractivity contribution in [1.29, 1.82) is 0 Å². The fourth-order valence-corrected chi connectivity index (χ4v) is 6.04. The van der Waals surface area contributed by atoms with Gasteiger partial charge in [-0.25, -0.2) is 8.42 Å². The number of hydrogen-bond donors (Lipinski definition) is 3. The Morgan fingerprint density at radius 1 is 0.921 bits per heavy atom. The minimum absolute atomic E-state index is 0.0728. The van der Waals surface area contributed by atoms with Crippen LogP contribution in [0.1, 0.15) is 41.7 Å². The Morgan fingerprint density at radius 3 is 2.32 bits per heavy atom. The summed E-state index contributed by atoms with van der Waals surface area (Å²) in [6, 6.07) is 25.7. The summed E-state index contributed by atoms with van der Waals surface area (Å²) in [5.41, 5.74) is 4.15. The van der Waals surface area contributed by atoms with E-state index in [1.165, 1.54) is 0 Å². The number of aromatic nitrogens is 1. The van der Waals surface area contributed by atoms with Gasteiger partial charge in [-0.3, -0.25) is 9.52 Å². The Kier molecular flexibility index (Phi) is 6.86. The van der Waals surface area contributed by atoms with E-state index in [-0.39, 0.29) is 16.2 Å². The number of carbonyl (C=O) groups excluding carboxylic acids is 1. The van der Waals surface area contributed by atoms with Crippen LogP contribution in [0.3, 0.4) is 0 Å². The normalized spacial score (nSPS) is 12.0. The zero-order valence-electron chi connectivity index (χ0n) is 21.4. The Hall–Kier alpha value is -3.88. The van der Waals surface area contributed by atoms with Crippen LogP contribution in [0.25, 0.3) is 22.0 Å². The van der Waals surface area contributed by atoms with E-state index in [0.717, 1.165) is 32.5 Å². The molecule has 6 nitrogen and oxygen atoms in total.